The van der Waals surface area contributed by atoms with Gasteiger partial charge in [0.1, 0.15) is 0 Å². The first-order chi connectivity index (χ1) is 4.93. The zero-order valence-electron chi connectivity index (χ0n) is 6.22. The van der Waals surface area contributed by atoms with Gasteiger partial charge in [0.05, 0.1) is 0 Å². The smallest absolute Gasteiger partial charge is 0.0205 e. The summed E-state index contributed by atoms with van der Waals surface area (Å²) in [5.74, 6) is 0. The SMILES string of the molecule is CCNCc1c[c]ccc1. The fourth-order valence-electron chi connectivity index (χ4n) is 0.810. The molecule has 0 aliphatic rings. The number of benzene rings is 1. The first-order valence-electron chi connectivity index (χ1n) is 3.59. The molecule has 0 atom stereocenters. The number of hydrogen-bond donors (Lipinski definition) is 1. The van der Waals surface area contributed by atoms with Crippen molar-refractivity contribution in [2.24, 2.45) is 0 Å². The van der Waals surface area contributed by atoms with E-state index in [0.29, 0.717) is 0 Å². The molecule has 1 N–H and O–H groups in total. The second-order valence-electron chi connectivity index (χ2n) is 2.19. The topological polar surface area (TPSA) is 12.0 Å². The molecule has 1 nitrogen and oxygen atoms in total. The molecule has 1 heteroatoms. The molecule has 0 heterocycles. The van der Waals surface area contributed by atoms with Crippen LogP contribution >= 0.6 is 0 Å². The predicted octanol–water partition coefficient (Wildman–Crippen LogP) is 1.60. The lowest BCUT2D eigenvalue weighted by Gasteiger charge is -1.99. The number of hydrogen-bond acceptors (Lipinski definition) is 1. The summed E-state index contributed by atoms with van der Waals surface area (Å²) in [6.45, 7) is 4.08. The highest BCUT2D eigenvalue weighted by Crippen LogP contribution is 1.95. The van der Waals surface area contributed by atoms with Gasteiger partial charge in [0.2, 0.25) is 0 Å². The van der Waals surface area contributed by atoms with Crippen LogP contribution in [0.2, 0.25) is 0 Å². The first-order valence-corrected chi connectivity index (χ1v) is 3.59. The van der Waals surface area contributed by atoms with Gasteiger partial charge in [0, 0.05) is 6.54 Å². The molecule has 0 aliphatic heterocycles. The number of nitrogens with one attached hydrogen (secondary N) is 1. The minimum absolute atomic E-state index is 0.952. The molecule has 0 saturated carbocycles. The Hall–Kier alpha value is -0.820. The summed E-state index contributed by atoms with van der Waals surface area (Å²) in [4.78, 5) is 0. The van der Waals surface area contributed by atoms with E-state index >= 15 is 0 Å². The Labute approximate surface area is 62.1 Å². The maximum atomic E-state index is 3.24. The van der Waals surface area contributed by atoms with Gasteiger partial charge in [-0.2, -0.15) is 0 Å². The van der Waals surface area contributed by atoms with Crippen LogP contribution in [0.4, 0.5) is 0 Å². The maximum absolute atomic E-state index is 3.24. The highest BCUT2D eigenvalue weighted by Gasteiger charge is 1.86. The van der Waals surface area contributed by atoms with Crippen molar-refractivity contribution in [1.82, 2.24) is 5.32 Å². The summed E-state index contributed by atoms with van der Waals surface area (Å²) in [6, 6.07) is 11.0. The van der Waals surface area contributed by atoms with Crippen molar-refractivity contribution in [2.45, 2.75) is 13.5 Å². The summed E-state index contributed by atoms with van der Waals surface area (Å²) >= 11 is 0. The minimum Gasteiger partial charge on any atom is -0.313 e. The van der Waals surface area contributed by atoms with Gasteiger partial charge in [-0.25, -0.2) is 0 Å². The largest absolute Gasteiger partial charge is 0.313 e. The molecule has 0 bridgehead atoms. The summed E-state index contributed by atoms with van der Waals surface area (Å²) in [5.41, 5.74) is 1.30. The van der Waals surface area contributed by atoms with Crippen LogP contribution in [0.15, 0.2) is 24.3 Å². The van der Waals surface area contributed by atoms with Gasteiger partial charge in [0.25, 0.3) is 0 Å². The minimum atomic E-state index is 0.952. The second-order valence-corrected chi connectivity index (χ2v) is 2.19. The highest BCUT2D eigenvalue weighted by atomic mass is 14.8. The van der Waals surface area contributed by atoms with Crippen LogP contribution in [0, 0.1) is 6.07 Å². The number of rotatable bonds is 3. The molecule has 0 aliphatic carbocycles. The lowest BCUT2D eigenvalue weighted by Crippen LogP contribution is -2.11. The Morgan fingerprint density at radius 2 is 2.50 bits per heavy atom. The molecule has 1 rings (SSSR count). The molecule has 0 spiro atoms. The van der Waals surface area contributed by atoms with E-state index in [4.69, 9.17) is 0 Å². The predicted molar refractivity (Wildman–Crippen MR) is 42.7 cm³/mol. The fraction of sp³-hybridized carbons (Fsp3) is 0.333. The van der Waals surface area contributed by atoms with Gasteiger partial charge >= 0.3 is 0 Å². The summed E-state index contributed by atoms with van der Waals surface area (Å²) in [5, 5.41) is 3.24. The van der Waals surface area contributed by atoms with E-state index in [1.165, 1.54) is 5.56 Å². The Morgan fingerprint density at radius 1 is 1.60 bits per heavy atom. The summed E-state index contributed by atoms with van der Waals surface area (Å²) in [6.07, 6.45) is 0. The van der Waals surface area contributed by atoms with Crippen molar-refractivity contribution in [1.29, 1.82) is 0 Å². The van der Waals surface area contributed by atoms with Crippen molar-refractivity contribution < 1.29 is 0 Å². The first kappa shape index (κ1) is 7.29. The van der Waals surface area contributed by atoms with E-state index < -0.39 is 0 Å². The van der Waals surface area contributed by atoms with Crippen LogP contribution in [0.3, 0.4) is 0 Å². The van der Waals surface area contributed by atoms with Gasteiger partial charge in [-0.05, 0) is 24.2 Å². The zero-order chi connectivity index (χ0) is 7.23. The Bertz CT molecular complexity index is 169. The van der Waals surface area contributed by atoms with Gasteiger partial charge in [-0.1, -0.05) is 25.1 Å². The van der Waals surface area contributed by atoms with Gasteiger partial charge in [-0.3, -0.25) is 0 Å². The lowest BCUT2D eigenvalue weighted by molar-refractivity contribution is 0.727. The molecule has 1 aromatic carbocycles. The molecular formula is C9H12N. The summed E-state index contributed by atoms with van der Waals surface area (Å²) < 4.78 is 0. The third-order valence-corrected chi connectivity index (χ3v) is 1.35. The van der Waals surface area contributed by atoms with Crippen molar-refractivity contribution in [3.05, 3.63) is 35.9 Å². The molecule has 1 radical (unpaired) electrons. The normalized spacial score (nSPS) is 9.70. The van der Waals surface area contributed by atoms with Crippen LogP contribution in [-0.4, -0.2) is 6.54 Å². The van der Waals surface area contributed by atoms with E-state index in [1.807, 2.05) is 18.2 Å². The standard InChI is InChI=1S/C9H12N/c1-2-10-8-9-6-4-3-5-7-9/h3-4,6-7,10H,2,8H2,1H3. The molecule has 1 aromatic rings. The highest BCUT2D eigenvalue weighted by molar-refractivity contribution is 5.13. The van der Waals surface area contributed by atoms with Crippen LogP contribution in [0.5, 0.6) is 0 Å². The van der Waals surface area contributed by atoms with E-state index in [0.717, 1.165) is 13.1 Å². The average Bonchev–Trinajstić information content (AvgIpc) is 2.03. The molecule has 53 valence electrons. The molecule has 0 unspecified atom stereocenters. The fourth-order valence-corrected chi connectivity index (χ4v) is 0.810. The van der Waals surface area contributed by atoms with Crippen LogP contribution in [-0.2, 0) is 6.54 Å². The average molecular weight is 134 g/mol. The van der Waals surface area contributed by atoms with Gasteiger partial charge in [0.15, 0.2) is 0 Å². The molecular weight excluding hydrogens is 122 g/mol. The Balaban J connectivity index is 2.43. The van der Waals surface area contributed by atoms with Crippen LogP contribution in [0.1, 0.15) is 12.5 Å². The molecule has 10 heavy (non-hydrogen) atoms. The van der Waals surface area contributed by atoms with Crippen molar-refractivity contribution in [3.8, 4) is 0 Å². The van der Waals surface area contributed by atoms with E-state index in [-0.39, 0.29) is 0 Å². The summed E-state index contributed by atoms with van der Waals surface area (Å²) in [7, 11) is 0. The van der Waals surface area contributed by atoms with E-state index in [9.17, 15) is 0 Å². The quantitative estimate of drug-likeness (QED) is 0.662. The van der Waals surface area contributed by atoms with Crippen molar-refractivity contribution >= 4 is 0 Å². The third kappa shape index (κ3) is 2.19. The van der Waals surface area contributed by atoms with Gasteiger partial charge in [-0.15, -0.1) is 0 Å². The maximum Gasteiger partial charge on any atom is 0.0205 e. The van der Waals surface area contributed by atoms with Crippen LogP contribution < -0.4 is 5.32 Å². The van der Waals surface area contributed by atoms with Crippen LogP contribution in [0.25, 0.3) is 0 Å². The van der Waals surface area contributed by atoms with Crippen molar-refractivity contribution in [2.75, 3.05) is 6.54 Å². The third-order valence-electron chi connectivity index (χ3n) is 1.35. The molecule has 0 amide bonds. The molecule has 0 fully saturated rings. The second kappa shape index (κ2) is 4.07. The van der Waals surface area contributed by atoms with E-state index in [1.54, 1.807) is 0 Å². The Kier molecular flexibility index (Phi) is 2.97. The van der Waals surface area contributed by atoms with Gasteiger partial charge < -0.3 is 5.32 Å². The van der Waals surface area contributed by atoms with E-state index in [2.05, 4.69) is 24.4 Å². The molecule has 0 aromatic heterocycles. The Morgan fingerprint density at radius 3 is 3.10 bits per heavy atom. The molecule has 0 saturated heterocycles. The van der Waals surface area contributed by atoms with Crippen molar-refractivity contribution in [3.63, 3.8) is 0 Å². The lowest BCUT2D eigenvalue weighted by atomic mass is 10.2. The zero-order valence-corrected chi connectivity index (χ0v) is 6.22. The monoisotopic (exact) mass is 134 g/mol.